The Labute approximate surface area is 337 Å². The molecule has 10 aromatic rings. The van der Waals surface area contributed by atoms with Crippen molar-refractivity contribution in [1.29, 1.82) is 0 Å². The third-order valence-electron chi connectivity index (χ3n) is 11.7. The lowest BCUT2D eigenvalue weighted by atomic mass is 9.67. The van der Waals surface area contributed by atoms with Crippen LogP contribution in [0.5, 0.6) is 0 Å². The van der Waals surface area contributed by atoms with Gasteiger partial charge < -0.3 is 4.90 Å². The van der Waals surface area contributed by atoms with Gasteiger partial charge >= 0.3 is 0 Å². The van der Waals surface area contributed by atoms with Gasteiger partial charge in [-0.25, -0.2) is 0 Å². The lowest BCUT2D eigenvalue weighted by Gasteiger charge is -2.34. The largest absolute Gasteiger partial charge is 0.310 e. The van der Waals surface area contributed by atoms with E-state index < -0.39 is 5.41 Å². The topological polar surface area (TPSA) is 3.24 Å². The van der Waals surface area contributed by atoms with Crippen LogP contribution in [0.3, 0.4) is 0 Å². The monoisotopic (exact) mass is 743 g/mol. The molecule has 0 fully saturated rings. The number of hydrogen-bond acceptors (Lipinski definition) is 2. The van der Waals surface area contributed by atoms with Crippen LogP contribution in [-0.4, -0.2) is 0 Å². The average molecular weight is 744 g/mol. The third-order valence-corrected chi connectivity index (χ3v) is 12.9. The van der Waals surface area contributed by atoms with Crippen LogP contribution in [0.15, 0.2) is 224 Å². The van der Waals surface area contributed by atoms with E-state index in [0.29, 0.717) is 0 Å². The van der Waals surface area contributed by atoms with Gasteiger partial charge in [-0.05, 0) is 104 Å². The zero-order chi connectivity index (χ0) is 37.8. The van der Waals surface area contributed by atoms with Gasteiger partial charge in [0, 0.05) is 37.2 Å². The van der Waals surface area contributed by atoms with Gasteiger partial charge in [-0.1, -0.05) is 176 Å². The summed E-state index contributed by atoms with van der Waals surface area (Å²) < 4.78 is 2.56. The van der Waals surface area contributed by atoms with E-state index in [0.717, 1.165) is 17.1 Å². The standard InChI is InChI=1S/C55H37NS/c1-4-16-38(17-5-1)40-20-14-24-44(34-40)56(45-25-15-21-41(35-45)39-18-6-2-7-19-39)46-31-32-49-50-36-43(30-33-53(50)57-54(49)37-46)55(42-22-8-3-9-23-42)51-28-12-10-26-47(51)48-27-11-13-29-52(48)55/h1-37H. The molecule has 11 rings (SSSR count). The number of nitrogens with zero attached hydrogens (tertiary/aromatic N) is 1. The van der Waals surface area contributed by atoms with Crippen molar-refractivity contribution >= 4 is 48.6 Å². The molecular weight excluding hydrogens is 707 g/mol. The molecule has 0 bridgehead atoms. The summed E-state index contributed by atoms with van der Waals surface area (Å²) >= 11 is 1.87. The number of rotatable bonds is 7. The SMILES string of the molecule is c1ccc(-c2cccc(N(c3cccc(-c4ccccc4)c3)c3ccc4c(c3)sc3ccc(C5(c6ccccc6)c6ccccc6-c6ccccc65)cc34)c2)cc1. The van der Waals surface area contributed by atoms with Crippen molar-refractivity contribution < 1.29 is 0 Å². The summed E-state index contributed by atoms with van der Waals surface area (Å²) in [7, 11) is 0. The van der Waals surface area contributed by atoms with E-state index in [1.807, 2.05) is 11.3 Å². The summed E-state index contributed by atoms with van der Waals surface area (Å²) in [6.45, 7) is 0. The predicted molar refractivity (Wildman–Crippen MR) is 242 cm³/mol. The number of benzene rings is 9. The Morgan fingerprint density at radius 3 is 1.42 bits per heavy atom. The Morgan fingerprint density at radius 1 is 0.316 bits per heavy atom. The molecule has 0 N–H and O–H groups in total. The minimum Gasteiger partial charge on any atom is -0.310 e. The highest BCUT2D eigenvalue weighted by Gasteiger charge is 2.45. The highest BCUT2D eigenvalue weighted by atomic mass is 32.1. The normalized spacial score (nSPS) is 12.7. The molecule has 1 heterocycles. The third kappa shape index (κ3) is 5.44. The number of thiophene rings is 1. The first kappa shape index (κ1) is 33.3. The van der Waals surface area contributed by atoms with E-state index in [2.05, 4.69) is 229 Å². The van der Waals surface area contributed by atoms with Gasteiger partial charge in [0.25, 0.3) is 0 Å². The van der Waals surface area contributed by atoms with E-state index in [-0.39, 0.29) is 0 Å². The van der Waals surface area contributed by atoms with Gasteiger partial charge in [0.2, 0.25) is 0 Å². The summed E-state index contributed by atoms with van der Waals surface area (Å²) in [5, 5.41) is 2.57. The maximum Gasteiger partial charge on any atom is 0.0713 e. The maximum atomic E-state index is 2.48. The van der Waals surface area contributed by atoms with Crippen LogP contribution in [0.2, 0.25) is 0 Å². The van der Waals surface area contributed by atoms with Crippen molar-refractivity contribution in [2.75, 3.05) is 4.90 Å². The predicted octanol–water partition coefficient (Wildman–Crippen LogP) is 15.2. The molecule has 0 saturated carbocycles. The van der Waals surface area contributed by atoms with Crippen LogP contribution in [-0.2, 0) is 5.41 Å². The molecule has 0 atom stereocenters. The number of hydrogen-bond donors (Lipinski definition) is 0. The second-order valence-electron chi connectivity index (χ2n) is 14.9. The molecule has 0 amide bonds. The summed E-state index contributed by atoms with van der Waals surface area (Å²) in [6, 6.07) is 82.4. The fourth-order valence-corrected chi connectivity index (χ4v) is 10.3. The molecule has 0 radical (unpaired) electrons. The second kappa shape index (κ2) is 13.6. The van der Waals surface area contributed by atoms with Crippen molar-refractivity contribution in [2.24, 2.45) is 0 Å². The van der Waals surface area contributed by atoms with Crippen LogP contribution in [0.25, 0.3) is 53.6 Å². The first-order valence-electron chi connectivity index (χ1n) is 19.6. The molecule has 1 nitrogen and oxygen atoms in total. The highest BCUT2D eigenvalue weighted by molar-refractivity contribution is 7.25. The van der Waals surface area contributed by atoms with Crippen molar-refractivity contribution in [2.45, 2.75) is 5.41 Å². The van der Waals surface area contributed by atoms with E-state index in [9.17, 15) is 0 Å². The van der Waals surface area contributed by atoms with E-state index in [1.54, 1.807) is 0 Å². The van der Waals surface area contributed by atoms with Crippen molar-refractivity contribution in [3.05, 3.63) is 247 Å². The molecule has 2 heteroatoms. The van der Waals surface area contributed by atoms with Crippen LogP contribution < -0.4 is 4.90 Å². The van der Waals surface area contributed by atoms with Gasteiger partial charge in [-0.15, -0.1) is 11.3 Å². The Morgan fingerprint density at radius 2 is 0.825 bits per heavy atom. The first-order valence-corrected chi connectivity index (χ1v) is 20.4. The molecule has 268 valence electrons. The molecule has 1 aliphatic carbocycles. The van der Waals surface area contributed by atoms with Crippen molar-refractivity contribution in [3.8, 4) is 33.4 Å². The fourth-order valence-electron chi connectivity index (χ4n) is 9.21. The molecule has 1 aromatic heterocycles. The molecule has 0 spiro atoms. The maximum absolute atomic E-state index is 2.48. The summed E-state index contributed by atoms with van der Waals surface area (Å²) in [5.41, 5.74) is 15.6. The van der Waals surface area contributed by atoms with Gasteiger partial charge in [0.05, 0.1) is 5.41 Å². The van der Waals surface area contributed by atoms with E-state index in [4.69, 9.17) is 0 Å². The lowest BCUT2D eigenvalue weighted by Crippen LogP contribution is -2.28. The average Bonchev–Trinajstić information content (AvgIpc) is 3.81. The van der Waals surface area contributed by atoms with Crippen LogP contribution in [0, 0.1) is 0 Å². The molecular formula is C55H37NS. The zero-order valence-corrected chi connectivity index (χ0v) is 32.0. The van der Waals surface area contributed by atoms with Crippen LogP contribution in [0.4, 0.5) is 17.1 Å². The Bertz CT molecular complexity index is 2940. The Hall–Kier alpha value is -7.00. The lowest BCUT2D eigenvalue weighted by molar-refractivity contribution is 0.770. The second-order valence-corrected chi connectivity index (χ2v) is 16.0. The van der Waals surface area contributed by atoms with Crippen molar-refractivity contribution in [1.82, 2.24) is 0 Å². The quantitative estimate of drug-likeness (QED) is 0.157. The Balaban J connectivity index is 1.09. The molecule has 0 saturated heterocycles. The van der Waals surface area contributed by atoms with Gasteiger partial charge in [0.1, 0.15) is 0 Å². The van der Waals surface area contributed by atoms with Crippen LogP contribution in [0.1, 0.15) is 22.3 Å². The summed E-state index contributed by atoms with van der Waals surface area (Å²) in [4.78, 5) is 2.41. The first-order chi connectivity index (χ1) is 28.3. The van der Waals surface area contributed by atoms with Gasteiger partial charge in [0.15, 0.2) is 0 Å². The molecule has 0 aliphatic heterocycles. The molecule has 0 unspecified atom stereocenters. The molecule has 1 aliphatic rings. The highest BCUT2D eigenvalue weighted by Crippen LogP contribution is 2.56. The number of anilines is 3. The fraction of sp³-hybridized carbons (Fsp3) is 0.0182. The van der Waals surface area contributed by atoms with Crippen LogP contribution >= 0.6 is 11.3 Å². The van der Waals surface area contributed by atoms with Gasteiger partial charge in [-0.2, -0.15) is 0 Å². The van der Waals surface area contributed by atoms with E-state index in [1.165, 1.54) is 75.8 Å². The minimum atomic E-state index is -0.429. The minimum absolute atomic E-state index is 0.429. The molecule has 9 aromatic carbocycles. The molecule has 57 heavy (non-hydrogen) atoms. The Kier molecular flexibility index (Phi) is 7.98. The van der Waals surface area contributed by atoms with E-state index >= 15 is 0 Å². The zero-order valence-electron chi connectivity index (χ0n) is 31.2. The van der Waals surface area contributed by atoms with Crippen molar-refractivity contribution in [3.63, 3.8) is 0 Å². The van der Waals surface area contributed by atoms with Gasteiger partial charge in [-0.3, -0.25) is 0 Å². The smallest absolute Gasteiger partial charge is 0.0713 e. The summed E-state index contributed by atoms with van der Waals surface area (Å²) in [5.74, 6) is 0. The number of fused-ring (bicyclic) bond motifs is 6. The summed E-state index contributed by atoms with van der Waals surface area (Å²) in [6.07, 6.45) is 0.